The molecule has 0 aliphatic carbocycles. The summed E-state index contributed by atoms with van der Waals surface area (Å²) in [5.41, 5.74) is 1.00. The van der Waals surface area contributed by atoms with Crippen molar-refractivity contribution >= 4 is 23.6 Å². The van der Waals surface area contributed by atoms with Gasteiger partial charge in [0.15, 0.2) is 0 Å². The van der Waals surface area contributed by atoms with Crippen LogP contribution in [-0.2, 0) is 9.59 Å². The molecular weight excluding hydrogens is 338 g/mol. The van der Waals surface area contributed by atoms with Gasteiger partial charge in [0.25, 0.3) is 0 Å². The molecule has 0 aromatic heterocycles. The van der Waals surface area contributed by atoms with Gasteiger partial charge in [0.05, 0.1) is 19.0 Å². The summed E-state index contributed by atoms with van der Waals surface area (Å²) in [7, 11) is 1.65. The van der Waals surface area contributed by atoms with Crippen molar-refractivity contribution in [3.63, 3.8) is 0 Å². The maximum absolute atomic E-state index is 13.3. The van der Waals surface area contributed by atoms with E-state index in [-0.39, 0.29) is 23.9 Å². The predicted molar refractivity (Wildman–Crippen MR) is 98.6 cm³/mol. The molecule has 0 spiro atoms. The van der Waals surface area contributed by atoms with Gasteiger partial charge < -0.3 is 19.9 Å². The number of nitrogens with zero attached hydrogens (tertiary/aromatic N) is 2. The molecule has 1 N–H and O–H groups in total. The van der Waals surface area contributed by atoms with Crippen molar-refractivity contribution in [2.45, 2.75) is 25.4 Å². The summed E-state index contributed by atoms with van der Waals surface area (Å²) in [5.74, 6) is 2.16. The van der Waals surface area contributed by atoms with Crippen molar-refractivity contribution in [3.05, 3.63) is 29.8 Å². The first-order valence-corrected chi connectivity index (χ1v) is 9.84. The van der Waals surface area contributed by atoms with Crippen molar-refractivity contribution in [2.75, 3.05) is 38.4 Å². The van der Waals surface area contributed by atoms with E-state index in [0.717, 1.165) is 17.9 Å². The number of hydrogen-bond donors (Lipinski definition) is 1. The molecule has 0 saturated carbocycles. The number of carbonyl (C=O) groups is 2. The molecule has 2 unspecified atom stereocenters. The van der Waals surface area contributed by atoms with E-state index in [1.54, 1.807) is 23.8 Å². The van der Waals surface area contributed by atoms with Gasteiger partial charge in [0.2, 0.25) is 11.8 Å². The largest absolute Gasteiger partial charge is 0.496 e. The lowest BCUT2D eigenvalue weighted by Gasteiger charge is -2.39. The van der Waals surface area contributed by atoms with E-state index in [9.17, 15) is 9.59 Å². The fourth-order valence-corrected chi connectivity index (χ4v) is 4.65. The first kappa shape index (κ1) is 18.1. The van der Waals surface area contributed by atoms with E-state index in [0.29, 0.717) is 31.1 Å². The first-order chi connectivity index (χ1) is 12.2. The van der Waals surface area contributed by atoms with Crippen LogP contribution in [0.5, 0.6) is 5.75 Å². The van der Waals surface area contributed by atoms with E-state index in [4.69, 9.17) is 4.74 Å². The Bertz CT molecular complexity index is 640. The van der Waals surface area contributed by atoms with Gasteiger partial charge >= 0.3 is 0 Å². The summed E-state index contributed by atoms with van der Waals surface area (Å²) in [6, 6.07) is 7.39. The zero-order chi connectivity index (χ0) is 17.8. The van der Waals surface area contributed by atoms with Gasteiger partial charge in [-0.3, -0.25) is 9.59 Å². The minimum absolute atomic E-state index is 0.0456. The normalized spacial score (nSPS) is 23.6. The Labute approximate surface area is 152 Å². The van der Waals surface area contributed by atoms with Crippen LogP contribution in [0.1, 0.15) is 24.9 Å². The van der Waals surface area contributed by atoms with Gasteiger partial charge in [0.1, 0.15) is 11.8 Å². The minimum Gasteiger partial charge on any atom is -0.496 e. The second kappa shape index (κ2) is 8.10. The van der Waals surface area contributed by atoms with Crippen molar-refractivity contribution in [2.24, 2.45) is 0 Å². The van der Waals surface area contributed by atoms with E-state index >= 15 is 0 Å². The van der Waals surface area contributed by atoms with Gasteiger partial charge in [-0.2, -0.15) is 0 Å². The second-order valence-corrected chi connectivity index (χ2v) is 7.23. The Morgan fingerprint density at radius 3 is 2.88 bits per heavy atom. The summed E-state index contributed by atoms with van der Waals surface area (Å²) in [5, 5.41) is 3.37. The lowest BCUT2D eigenvalue weighted by Crippen LogP contribution is -2.55. The Hall–Kier alpha value is -1.73. The number of piperazine rings is 1. The van der Waals surface area contributed by atoms with Gasteiger partial charge in [-0.05, 0) is 6.07 Å². The number of methoxy groups -OCH3 is 1. The van der Waals surface area contributed by atoms with E-state index in [2.05, 4.69) is 5.32 Å². The van der Waals surface area contributed by atoms with Crippen LogP contribution in [0.15, 0.2) is 24.3 Å². The van der Waals surface area contributed by atoms with Crippen molar-refractivity contribution in [1.82, 2.24) is 15.1 Å². The molecule has 1 aromatic rings. The molecule has 136 valence electrons. The molecule has 2 aliphatic heterocycles. The number of nitrogens with one attached hydrogen (secondary N) is 1. The Kier molecular flexibility index (Phi) is 5.86. The number of carbonyl (C=O) groups excluding carboxylic acids is 2. The maximum atomic E-state index is 13.3. The summed E-state index contributed by atoms with van der Waals surface area (Å²) in [4.78, 5) is 29.1. The maximum Gasteiger partial charge on any atom is 0.246 e. The summed E-state index contributed by atoms with van der Waals surface area (Å²) in [6.07, 6.45) is 0.432. The Morgan fingerprint density at radius 2 is 2.12 bits per heavy atom. The molecule has 3 rings (SSSR count). The van der Waals surface area contributed by atoms with Crippen LogP contribution in [0.4, 0.5) is 0 Å². The highest BCUT2D eigenvalue weighted by Gasteiger charge is 2.40. The van der Waals surface area contributed by atoms with Gasteiger partial charge in [-0.1, -0.05) is 25.1 Å². The molecule has 2 fully saturated rings. The number of benzene rings is 1. The highest BCUT2D eigenvalue weighted by atomic mass is 32.2. The number of para-hydroxylation sites is 1. The summed E-state index contributed by atoms with van der Waals surface area (Å²) < 4.78 is 5.49. The third-order valence-corrected chi connectivity index (χ3v) is 5.83. The number of amides is 2. The fourth-order valence-electron chi connectivity index (χ4n) is 3.48. The average molecular weight is 363 g/mol. The van der Waals surface area contributed by atoms with Crippen LogP contribution in [-0.4, -0.2) is 66.0 Å². The van der Waals surface area contributed by atoms with Crippen LogP contribution >= 0.6 is 11.8 Å². The molecule has 2 saturated heterocycles. The van der Waals surface area contributed by atoms with Gasteiger partial charge in [0, 0.05) is 37.4 Å². The lowest BCUT2D eigenvalue weighted by molar-refractivity contribution is -0.145. The molecule has 1 aromatic carbocycles. The van der Waals surface area contributed by atoms with E-state index in [1.807, 2.05) is 36.1 Å². The van der Waals surface area contributed by atoms with E-state index < -0.39 is 0 Å². The SMILES string of the molecule is CCC(=O)N1CSCC1C(=O)N1CCNCC1c1ccccc1OC. The standard InChI is InChI=1S/C18H25N3O3S/c1-3-17(22)21-12-25-11-15(21)18(23)20-9-8-19-10-14(20)13-6-4-5-7-16(13)24-2/h4-7,14-15,19H,3,8-12H2,1-2H3. The van der Waals surface area contributed by atoms with Crippen molar-refractivity contribution in [3.8, 4) is 5.75 Å². The zero-order valence-electron chi connectivity index (χ0n) is 14.7. The smallest absolute Gasteiger partial charge is 0.246 e. The van der Waals surface area contributed by atoms with Crippen LogP contribution in [0, 0.1) is 0 Å². The van der Waals surface area contributed by atoms with Crippen LogP contribution < -0.4 is 10.1 Å². The van der Waals surface area contributed by atoms with E-state index in [1.165, 1.54) is 0 Å². The number of thioether (sulfide) groups is 1. The van der Waals surface area contributed by atoms with Crippen molar-refractivity contribution < 1.29 is 14.3 Å². The molecular formula is C18H25N3O3S. The number of ether oxygens (including phenoxy) is 1. The first-order valence-electron chi connectivity index (χ1n) is 8.68. The van der Waals surface area contributed by atoms with Gasteiger partial charge in [-0.15, -0.1) is 11.8 Å². The highest BCUT2D eigenvalue weighted by molar-refractivity contribution is 7.99. The highest BCUT2D eigenvalue weighted by Crippen LogP contribution is 2.32. The molecule has 6 nitrogen and oxygen atoms in total. The molecule has 0 bridgehead atoms. The average Bonchev–Trinajstić information content (AvgIpc) is 3.16. The Balaban J connectivity index is 1.85. The molecule has 25 heavy (non-hydrogen) atoms. The molecule has 2 amide bonds. The third kappa shape index (κ3) is 3.62. The molecule has 7 heteroatoms. The summed E-state index contributed by atoms with van der Waals surface area (Å²) >= 11 is 1.65. The number of hydrogen-bond acceptors (Lipinski definition) is 5. The Morgan fingerprint density at radius 1 is 1.32 bits per heavy atom. The topological polar surface area (TPSA) is 61.9 Å². The van der Waals surface area contributed by atoms with Crippen LogP contribution in [0.2, 0.25) is 0 Å². The van der Waals surface area contributed by atoms with Crippen LogP contribution in [0.25, 0.3) is 0 Å². The molecule has 2 atom stereocenters. The van der Waals surface area contributed by atoms with Crippen molar-refractivity contribution in [1.29, 1.82) is 0 Å². The fraction of sp³-hybridized carbons (Fsp3) is 0.556. The molecule has 2 aliphatic rings. The lowest BCUT2D eigenvalue weighted by atomic mass is 10.0. The minimum atomic E-state index is -0.354. The third-order valence-electron chi connectivity index (χ3n) is 4.81. The zero-order valence-corrected chi connectivity index (χ0v) is 15.6. The quantitative estimate of drug-likeness (QED) is 0.878. The van der Waals surface area contributed by atoms with Crippen LogP contribution in [0.3, 0.4) is 0 Å². The molecule has 0 radical (unpaired) electrons. The van der Waals surface area contributed by atoms with Gasteiger partial charge in [-0.25, -0.2) is 0 Å². The monoisotopic (exact) mass is 363 g/mol. The second-order valence-electron chi connectivity index (χ2n) is 6.23. The predicted octanol–water partition coefficient (Wildman–Crippen LogP) is 1.48. The number of rotatable bonds is 4. The summed E-state index contributed by atoms with van der Waals surface area (Å²) in [6.45, 7) is 3.93. The molecule has 2 heterocycles.